The van der Waals surface area contributed by atoms with Crippen molar-refractivity contribution in [2.75, 3.05) is 27.9 Å². The number of aliphatic hydroxyl groups excluding tert-OH is 3. The van der Waals surface area contributed by atoms with Gasteiger partial charge in [0.05, 0.1) is 50.2 Å². The van der Waals surface area contributed by atoms with Crippen LogP contribution in [0.1, 0.15) is 22.8 Å². The fourth-order valence-electron chi connectivity index (χ4n) is 5.51. The minimum Gasteiger partial charge on any atom is -0.853 e. The van der Waals surface area contributed by atoms with Gasteiger partial charge in [0.15, 0.2) is 11.9 Å². The zero-order chi connectivity index (χ0) is 39.3. The molecule has 1 aliphatic rings. The minimum atomic E-state index is -1.53. The van der Waals surface area contributed by atoms with Crippen molar-refractivity contribution < 1.29 is 56.6 Å². The molecular weight excluding hydrogens is 892 g/mol. The standard InChI is InChI=1S/2C16H14BrN3O.C6H7O6.Cu/c2*1-9-3-5-11-7-13(20-14(21)8-17)12-6-4-10(2)19-16(12)15(11)18-9;7-1-2(8)5-3(9)4(10)6(11)12-5;/h2*3-7H,8H2,1-2H3,(H,20,21);2,5,8-10H,1H2;/q;;-1;+1. The van der Waals surface area contributed by atoms with E-state index in [1.165, 1.54) is 0 Å². The van der Waals surface area contributed by atoms with Gasteiger partial charge in [0.25, 0.3) is 0 Å². The fraction of sp³-hybridized carbons (Fsp3) is 0.237. The van der Waals surface area contributed by atoms with Gasteiger partial charge in [0.1, 0.15) is 0 Å². The molecule has 0 bridgehead atoms. The average Bonchev–Trinajstić information content (AvgIpc) is 3.42. The number of aromatic nitrogens is 4. The topological polar surface area (TPSA) is 220 Å². The van der Waals surface area contributed by atoms with Crippen LogP contribution in [0.3, 0.4) is 0 Å². The van der Waals surface area contributed by atoms with Crippen LogP contribution >= 0.6 is 31.9 Å². The number of fused-ring (bicyclic) bond motifs is 6. The summed E-state index contributed by atoms with van der Waals surface area (Å²) in [4.78, 5) is 52.3. The number of carbonyl (C=O) groups excluding carboxylic acids is 3. The van der Waals surface area contributed by atoms with E-state index in [9.17, 15) is 19.5 Å². The van der Waals surface area contributed by atoms with Gasteiger partial charge < -0.3 is 35.8 Å². The molecule has 0 fully saturated rings. The van der Waals surface area contributed by atoms with Crippen molar-refractivity contribution in [3.8, 4) is 0 Å². The molecule has 0 saturated carbocycles. The Morgan fingerprint density at radius 1 is 0.727 bits per heavy atom. The van der Waals surface area contributed by atoms with Gasteiger partial charge in [-0.3, -0.25) is 29.5 Å². The molecule has 2 unspecified atom stereocenters. The molecular formula is C38H35Br2CuN6O8. The third kappa shape index (κ3) is 9.92. The first-order valence-corrected chi connectivity index (χ1v) is 18.6. The summed E-state index contributed by atoms with van der Waals surface area (Å²) in [5, 5.41) is 46.7. The van der Waals surface area contributed by atoms with E-state index in [0.29, 0.717) is 0 Å². The van der Waals surface area contributed by atoms with Crippen LogP contribution in [0, 0.1) is 27.7 Å². The number of halogens is 2. The summed E-state index contributed by atoms with van der Waals surface area (Å²) in [5.41, 5.74) is 8.65. The number of aryl methyl sites for hydroxylation is 4. The number of anilines is 2. The van der Waals surface area contributed by atoms with Crippen molar-refractivity contribution >= 4 is 105 Å². The average molecular weight is 927 g/mol. The number of cyclic esters (lactones) is 1. The number of rotatable bonds is 6. The molecule has 17 heteroatoms. The van der Waals surface area contributed by atoms with E-state index in [1.807, 2.05) is 88.4 Å². The molecule has 5 heterocycles. The van der Waals surface area contributed by atoms with Crippen LogP contribution in [0.2, 0.25) is 0 Å². The number of esters is 1. The number of carbonyl (C=O) groups is 3. The van der Waals surface area contributed by atoms with Crippen LogP contribution in [0.5, 0.6) is 0 Å². The first-order chi connectivity index (χ1) is 25.7. The van der Waals surface area contributed by atoms with Crippen LogP contribution in [0.4, 0.5) is 11.4 Å². The van der Waals surface area contributed by atoms with Crippen molar-refractivity contribution in [3.05, 3.63) is 95.0 Å². The summed E-state index contributed by atoms with van der Waals surface area (Å²) in [6.45, 7) is 6.90. The van der Waals surface area contributed by atoms with E-state index in [2.05, 4.69) is 67.2 Å². The van der Waals surface area contributed by atoms with E-state index in [1.54, 1.807) is 0 Å². The van der Waals surface area contributed by atoms with Crippen molar-refractivity contribution in [2.24, 2.45) is 0 Å². The zero-order valence-electron chi connectivity index (χ0n) is 29.8. The Balaban J connectivity index is 0.000000189. The maximum atomic E-state index is 11.7. The molecule has 2 amide bonds. The van der Waals surface area contributed by atoms with E-state index >= 15 is 0 Å². The van der Waals surface area contributed by atoms with Gasteiger partial charge in [0.2, 0.25) is 17.6 Å². The largest absolute Gasteiger partial charge is 1.00 e. The molecule has 4 aromatic heterocycles. The summed E-state index contributed by atoms with van der Waals surface area (Å²) in [6.07, 6.45) is -2.95. The molecule has 2 atom stereocenters. The van der Waals surface area contributed by atoms with Gasteiger partial charge in [-0.05, 0) is 76.2 Å². The fourth-order valence-corrected chi connectivity index (χ4v) is 5.79. The van der Waals surface area contributed by atoms with Gasteiger partial charge in [0, 0.05) is 44.3 Å². The van der Waals surface area contributed by atoms with Crippen LogP contribution in [0.25, 0.3) is 43.6 Å². The molecule has 0 saturated heterocycles. The molecule has 0 radical (unpaired) electrons. The van der Waals surface area contributed by atoms with Gasteiger partial charge in [-0.25, -0.2) is 4.79 Å². The molecule has 1 aliphatic heterocycles. The number of nitrogens with zero attached hydrogens (tertiary/aromatic N) is 4. The zero-order valence-corrected chi connectivity index (χ0v) is 33.9. The normalized spacial score (nSPS) is 14.0. The van der Waals surface area contributed by atoms with Crippen LogP contribution < -0.4 is 15.7 Å². The molecule has 55 heavy (non-hydrogen) atoms. The Kier molecular flexibility index (Phi) is 14.6. The summed E-state index contributed by atoms with van der Waals surface area (Å²) < 4.78 is 4.28. The maximum Gasteiger partial charge on any atom is 1.00 e. The third-order valence-corrected chi connectivity index (χ3v) is 9.10. The van der Waals surface area contributed by atoms with E-state index < -0.39 is 36.3 Å². The molecule has 7 rings (SSSR count). The molecule has 5 N–H and O–H groups in total. The first-order valence-electron chi connectivity index (χ1n) is 16.4. The molecule has 290 valence electrons. The molecule has 0 aliphatic carbocycles. The Hall–Kier alpha value is -4.77. The third-order valence-electron chi connectivity index (χ3n) is 8.08. The summed E-state index contributed by atoms with van der Waals surface area (Å²) >= 11 is 6.33. The molecule has 6 aromatic rings. The van der Waals surface area contributed by atoms with Crippen molar-refractivity contribution in [1.29, 1.82) is 0 Å². The second kappa shape index (κ2) is 18.7. The number of pyridine rings is 4. The molecule has 14 nitrogen and oxygen atoms in total. The Labute approximate surface area is 342 Å². The maximum absolute atomic E-state index is 11.7. The quantitative estimate of drug-likeness (QED) is 0.0612. The number of ether oxygens (including phenoxy) is 1. The number of amides is 2. The van der Waals surface area contributed by atoms with Gasteiger partial charge in [-0.1, -0.05) is 44.0 Å². The SMILES string of the molecule is Cc1ccc2cc(NC(=O)CBr)c3ccc(C)nc3c2n1.Cc1ccc2cc(NC(=O)CBr)c3ccc(C)nc3c2n1.O=C1OC(C(O)C[O-])C(O)=C1O.[Cu+]. The smallest absolute Gasteiger partial charge is 0.853 e. The number of nitrogens with one attached hydrogen (secondary N) is 2. The van der Waals surface area contributed by atoms with Gasteiger partial charge in [-0.2, -0.15) is 0 Å². The van der Waals surface area contributed by atoms with Crippen molar-refractivity contribution in [2.45, 2.75) is 39.9 Å². The van der Waals surface area contributed by atoms with Crippen molar-refractivity contribution in [3.63, 3.8) is 0 Å². The van der Waals surface area contributed by atoms with Crippen LogP contribution in [-0.2, 0) is 36.2 Å². The first kappa shape index (κ1) is 43.0. The molecule has 2 aromatic carbocycles. The molecule has 0 spiro atoms. The minimum absolute atomic E-state index is 0. The number of aliphatic hydroxyl groups is 3. The number of benzene rings is 2. The van der Waals surface area contributed by atoms with Crippen LogP contribution in [0.15, 0.2) is 72.2 Å². The number of hydrogen-bond acceptors (Lipinski definition) is 12. The predicted octanol–water partition coefficient (Wildman–Crippen LogP) is 5.42. The van der Waals surface area contributed by atoms with E-state index in [4.69, 9.17) is 15.3 Å². The monoisotopic (exact) mass is 924 g/mol. The van der Waals surface area contributed by atoms with E-state index in [0.717, 1.165) is 77.8 Å². The second-order valence-electron chi connectivity index (χ2n) is 12.3. The Morgan fingerprint density at radius 2 is 1.11 bits per heavy atom. The van der Waals surface area contributed by atoms with E-state index in [-0.39, 0.29) is 39.5 Å². The summed E-state index contributed by atoms with van der Waals surface area (Å²) in [5.74, 6) is -3.05. The second-order valence-corrected chi connectivity index (χ2v) is 13.4. The number of hydrogen-bond donors (Lipinski definition) is 5. The predicted molar refractivity (Wildman–Crippen MR) is 211 cm³/mol. The summed E-state index contributed by atoms with van der Waals surface area (Å²) in [6, 6.07) is 19.6. The Morgan fingerprint density at radius 3 is 1.45 bits per heavy atom. The van der Waals surface area contributed by atoms with Gasteiger partial charge in [-0.15, -0.1) is 6.61 Å². The van der Waals surface area contributed by atoms with Crippen LogP contribution in [-0.4, -0.2) is 82.5 Å². The summed E-state index contributed by atoms with van der Waals surface area (Å²) in [7, 11) is 0. The number of alkyl halides is 2. The van der Waals surface area contributed by atoms with Crippen molar-refractivity contribution in [1.82, 2.24) is 19.9 Å². The Bertz CT molecular complexity index is 2320. The van der Waals surface area contributed by atoms with Gasteiger partial charge >= 0.3 is 23.0 Å².